The van der Waals surface area contributed by atoms with E-state index in [9.17, 15) is 4.79 Å². The number of nitrogens with one attached hydrogen (secondary N) is 1. The molecule has 0 aromatic heterocycles. The monoisotopic (exact) mass is 260 g/mol. The van der Waals surface area contributed by atoms with Crippen molar-refractivity contribution < 1.29 is 9.53 Å². The highest BCUT2D eigenvalue weighted by molar-refractivity contribution is 5.98. The Labute approximate surface area is 113 Å². The maximum atomic E-state index is 12.3. The highest BCUT2D eigenvalue weighted by Crippen LogP contribution is 2.25. The first-order valence-corrected chi connectivity index (χ1v) is 7.05. The van der Waals surface area contributed by atoms with Gasteiger partial charge in [-0.3, -0.25) is 9.69 Å². The Morgan fingerprint density at radius 3 is 3.00 bits per heavy atom. The number of fused-ring (bicyclic) bond motifs is 1. The van der Waals surface area contributed by atoms with Crippen molar-refractivity contribution in [2.24, 2.45) is 0 Å². The molecule has 2 aliphatic heterocycles. The second-order valence-corrected chi connectivity index (χ2v) is 5.22. The molecule has 2 aliphatic rings. The van der Waals surface area contributed by atoms with Crippen LogP contribution in [0.5, 0.6) is 5.75 Å². The van der Waals surface area contributed by atoms with Crippen molar-refractivity contribution in [3.05, 3.63) is 29.3 Å². The Hall–Kier alpha value is -1.39. The largest absolute Gasteiger partial charge is 0.493 e. The van der Waals surface area contributed by atoms with Gasteiger partial charge in [0.1, 0.15) is 5.75 Å². The molecular formula is C15H20N2O2. The summed E-state index contributed by atoms with van der Waals surface area (Å²) < 4.78 is 5.58. The lowest BCUT2D eigenvalue weighted by Gasteiger charge is -2.26. The van der Waals surface area contributed by atoms with Crippen LogP contribution in [0.2, 0.25) is 0 Å². The second kappa shape index (κ2) is 5.72. The molecule has 4 heteroatoms. The van der Waals surface area contributed by atoms with Crippen molar-refractivity contribution in [2.45, 2.75) is 12.8 Å². The lowest BCUT2D eigenvalue weighted by molar-refractivity contribution is 0.0921. The van der Waals surface area contributed by atoms with Crippen molar-refractivity contribution in [3.8, 4) is 5.75 Å². The van der Waals surface area contributed by atoms with Gasteiger partial charge in [-0.25, -0.2) is 0 Å². The third kappa shape index (κ3) is 2.96. The first kappa shape index (κ1) is 12.6. The Kier molecular flexibility index (Phi) is 3.80. The highest BCUT2D eigenvalue weighted by Gasteiger charge is 2.17. The molecule has 2 heterocycles. The van der Waals surface area contributed by atoms with Gasteiger partial charge in [-0.15, -0.1) is 0 Å². The zero-order chi connectivity index (χ0) is 13.1. The number of carbonyl (C=O) groups excluding carboxylic acids is 1. The van der Waals surface area contributed by atoms with Crippen LogP contribution >= 0.6 is 0 Å². The molecule has 1 saturated heterocycles. The quantitative estimate of drug-likeness (QED) is 0.826. The summed E-state index contributed by atoms with van der Waals surface area (Å²) in [4.78, 5) is 14.5. The fraction of sp³-hybridized carbons (Fsp3) is 0.533. The van der Waals surface area contributed by atoms with Crippen LogP contribution in [0.3, 0.4) is 0 Å². The number of ether oxygens (including phenoxy) is 1. The van der Waals surface area contributed by atoms with Crippen molar-refractivity contribution >= 4 is 5.78 Å². The van der Waals surface area contributed by atoms with Crippen LogP contribution in [0.4, 0.5) is 0 Å². The van der Waals surface area contributed by atoms with Gasteiger partial charge in [-0.05, 0) is 36.6 Å². The van der Waals surface area contributed by atoms with Crippen LogP contribution in [0, 0.1) is 0 Å². The molecule has 1 fully saturated rings. The third-order valence-electron chi connectivity index (χ3n) is 3.81. The summed E-state index contributed by atoms with van der Waals surface area (Å²) in [6.45, 7) is 5.19. The molecule has 1 aromatic carbocycles. The summed E-state index contributed by atoms with van der Waals surface area (Å²) in [6.07, 6.45) is 2.06. The molecule has 0 spiro atoms. The molecule has 19 heavy (non-hydrogen) atoms. The van der Waals surface area contributed by atoms with Gasteiger partial charge in [0.15, 0.2) is 5.78 Å². The molecule has 0 saturated carbocycles. The van der Waals surface area contributed by atoms with Gasteiger partial charge < -0.3 is 10.1 Å². The first-order chi connectivity index (χ1) is 9.33. The Balaban J connectivity index is 1.69. The smallest absolute Gasteiger partial charge is 0.176 e. The fourth-order valence-electron chi connectivity index (χ4n) is 2.70. The number of hydrogen-bond acceptors (Lipinski definition) is 4. The molecule has 0 amide bonds. The molecule has 0 aliphatic carbocycles. The number of nitrogens with zero attached hydrogens (tertiary/aromatic N) is 1. The van der Waals surface area contributed by atoms with Crippen molar-refractivity contribution in [3.63, 3.8) is 0 Å². The number of Topliss-reactive ketones (excluding diaryl/α,β-unsaturated/α-hetero) is 1. The predicted octanol–water partition coefficient (Wildman–Crippen LogP) is 1.10. The van der Waals surface area contributed by atoms with E-state index in [1.165, 1.54) is 5.56 Å². The number of benzene rings is 1. The lowest BCUT2D eigenvalue weighted by Crippen LogP contribution is -2.45. The normalized spacial score (nSPS) is 19.6. The molecule has 0 unspecified atom stereocenters. The van der Waals surface area contributed by atoms with E-state index in [4.69, 9.17) is 4.74 Å². The molecular weight excluding hydrogens is 240 g/mol. The minimum Gasteiger partial charge on any atom is -0.493 e. The molecule has 0 bridgehead atoms. The van der Waals surface area contributed by atoms with Crippen molar-refractivity contribution in [1.29, 1.82) is 0 Å². The molecule has 3 rings (SSSR count). The number of carbonyl (C=O) groups is 1. The summed E-state index contributed by atoms with van der Waals surface area (Å²) in [6, 6.07) is 5.85. The maximum Gasteiger partial charge on any atom is 0.176 e. The number of hydrogen-bond donors (Lipinski definition) is 1. The minimum absolute atomic E-state index is 0.218. The van der Waals surface area contributed by atoms with Crippen LogP contribution in [-0.2, 0) is 6.42 Å². The molecule has 4 nitrogen and oxygen atoms in total. The number of rotatable bonds is 3. The SMILES string of the molecule is O=C(CN1CCNCC1)c1ccc2c(c1)CCCO2. The van der Waals surface area contributed by atoms with Gasteiger partial charge in [-0.2, -0.15) is 0 Å². The molecule has 102 valence electrons. The minimum atomic E-state index is 0.218. The number of ketones is 1. The standard InChI is InChI=1S/C15H20N2O2/c18-14(11-17-7-5-16-6-8-17)12-3-4-15-13(10-12)2-1-9-19-15/h3-4,10,16H,1-2,5-9,11H2. The molecule has 1 aromatic rings. The molecule has 0 atom stereocenters. The zero-order valence-electron chi connectivity index (χ0n) is 11.2. The van der Waals surface area contributed by atoms with E-state index in [1.807, 2.05) is 18.2 Å². The van der Waals surface area contributed by atoms with E-state index < -0.39 is 0 Å². The van der Waals surface area contributed by atoms with Crippen LogP contribution in [-0.4, -0.2) is 50.0 Å². The summed E-state index contributed by atoms with van der Waals surface area (Å²) in [5.41, 5.74) is 2.00. The average Bonchev–Trinajstić information content (AvgIpc) is 2.48. The van der Waals surface area contributed by atoms with E-state index in [0.29, 0.717) is 6.54 Å². The summed E-state index contributed by atoms with van der Waals surface area (Å²) in [5.74, 6) is 1.17. The second-order valence-electron chi connectivity index (χ2n) is 5.22. The van der Waals surface area contributed by atoms with E-state index in [-0.39, 0.29) is 5.78 Å². The van der Waals surface area contributed by atoms with Crippen LogP contribution < -0.4 is 10.1 Å². The lowest BCUT2D eigenvalue weighted by atomic mass is 10.0. The van der Waals surface area contributed by atoms with Gasteiger partial charge in [0.25, 0.3) is 0 Å². The van der Waals surface area contributed by atoms with E-state index in [0.717, 1.165) is 56.9 Å². The van der Waals surface area contributed by atoms with Gasteiger partial charge in [0.05, 0.1) is 13.2 Å². The van der Waals surface area contributed by atoms with E-state index in [1.54, 1.807) is 0 Å². The number of piperazine rings is 1. The summed E-state index contributed by atoms with van der Waals surface area (Å²) in [7, 11) is 0. The topological polar surface area (TPSA) is 41.6 Å². The maximum absolute atomic E-state index is 12.3. The van der Waals surface area contributed by atoms with E-state index >= 15 is 0 Å². The Morgan fingerprint density at radius 2 is 2.16 bits per heavy atom. The summed E-state index contributed by atoms with van der Waals surface area (Å²) in [5, 5.41) is 3.30. The zero-order valence-corrected chi connectivity index (χ0v) is 11.2. The third-order valence-corrected chi connectivity index (χ3v) is 3.81. The molecule has 0 radical (unpaired) electrons. The van der Waals surface area contributed by atoms with Crippen molar-refractivity contribution in [2.75, 3.05) is 39.3 Å². The fourth-order valence-corrected chi connectivity index (χ4v) is 2.70. The van der Waals surface area contributed by atoms with Crippen molar-refractivity contribution in [1.82, 2.24) is 10.2 Å². The Bertz CT molecular complexity index is 467. The Morgan fingerprint density at radius 1 is 1.32 bits per heavy atom. The predicted molar refractivity (Wildman–Crippen MR) is 73.9 cm³/mol. The average molecular weight is 260 g/mol. The van der Waals surface area contributed by atoms with Crippen LogP contribution in [0.15, 0.2) is 18.2 Å². The van der Waals surface area contributed by atoms with Crippen LogP contribution in [0.1, 0.15) is 22.3 Å². The van der Waals surface area contributed by atoms with Gasteiger partial charge in [-0.1, -0.05) is 0 Å². The van der Waals surface area contributed by atoms with Gasteiger partial charge >= 0.3 is 0 Å². The van der Waals surface area contributed by atoms with Crippen LogP contribution in [0.25, 0.3) is 0 Å². The van der Waals surface area contributed by atoms with E-state index in [2.05, 4.69) is 10.2 Å². The first-order valence-electron chi connectivity index (χ1n) is 7.05. The van der Waals surface area contributed by atoms with Gasteiger partial charge in [0.2, 0.25) is 0 Å². The highest BCUT2D eigenvalue weighted by atomic mass is 16.5. The van der Waals surface area contributed by atoms with Gasteiger partial charge in [0, 0.05) is 31.7 Å². The number of aryl methyl sites for hydroxylation is 1. The summed E-state index contributed by atoms with van der Waals surface area (Å²) >= 11 is 0. The molecule has 1 N–H and O–H groups in total.